The first-order valence-corrected chi connectivity index (χ1v) is 10.7. The Balaban J connectivity index is 0.00000300. The molecular weight excluding hydrogens is 416 g/mol. The summed E-state index contributed by atoms with van der Waals surface area (Å²) in [7, 11) is -3.35. The second-order valence-corrected chi connectivity index (χ2v) is 8.34. The average Bonchev–Trinajstić information content (AvgIpc) is 3.00. The molecule has 29 heavy (non-hydrogen) atoms. The number of halogens is 1. The van der Waals surface area contributed by atoms with E-state index in [1.54, 1.807) is 24.3 Å². The van der Waals surface area contributed by atoms with Gasteiger partial charge in [-0.25, -0.2) is 8.42 Å². The Bertz CT molecular complexity index is 1060. The van der Waals surface area contributed by atoms with Gasteiger partial charge in [0.1, 0.15) is 12.4 Å². The van der Waals surface area contributed by atoms with Gasteiger partial charge in [-0.1, -0.05) is 12.1 Å². The minimum atomic E-state index is -3.35. The third-order valence-electron chi connectivity index (χ3n) is 4.18. The number of nitrogens with zero attached hydrogens (tertiary/aromatic N) is 1. The molecule has 0 aliphatic carbocycles. The maximum atomic E-state index is 11.3. The summed E-state index contributed by atoms with van der Waals surface area (Å²) < 4.78 is 30.7. The van der Waals surface area contributed by atoms with Crippen LogP contribution < -0.4 is 14.8 Å². The van der Waals surface area contributed by atoms with Gasteiger partial charge in [-0.2, -0.15) is 5.10 Å². The number of aromatic amines is 1. The fourth-order valence-electron chi connectivity index (χ4n) is 2.84. The van der Waals surface area contributed by atoms with Gasteiger partial charge in [-0.3, -0.25) is 9.82 Å². The monoisotopic (exact) mass is 440 g/mol. The molecule has 0 aliphatic rings. The standard InChI is InChI=1S/C19H24N4O4S.ClH/c1-13-17-7-6-16(11-18(17)22-21-13)27-9-8-20-12-19(24)14-4-3-5-15(10-14)23-28(2,25)26;/h3-7,10-11,19-20,23-24H,8-9,12H2,1-2H3,(H,21,22);1H/t19-;/m0./s1. The molecule has 8 nitrogen and oxygen atoms in total. The highest BCUT2D eigenvalue weighted by Gasteiger charge is 2.09. The number of aromatic nitrogens is 2. The Hall–Kier alpha value is -2.33. The van der Waals surface area contributed by atoms with Crippen molar-refractivity contribution in [1.29, 1.82) is 0 Å². The molecule has 3 aromatic rings. The summed E-state index contributed by atoms with van der Waals surface area (Å²) in [4.78, 5) is 0. The number of anilines is 1. The number of aryl methyl sites for hydroxylation is 1. The lowest BCUT2D eigenvalue weighted by molar-refractivity contribution is 0.172. The van der Waals surface area contributed by atoms with E-state index in [9.17, 15) is 13.5 Å². The first-order chi connectivity index (χ1) is 13.3. The lowest BCUT2D eigenvalue weighted by Crippen LogP contribution is -2.26. The van der Waals surface area contributed by atoms with E-state index in [4.69, 9.17) is 4.74 Å². The number of aliphatic hydroxyl groups is 1. The van der Waals surface area contributed by atoms with E-state index in [1.807, 2.05) is 25.1 Å². The lowest BCUT2D eigenvalue weighted by atomic mass is 10.1. The van der Waals surface area contributed by atoms with Crippen LogP contribution in [0.2, 0.25) is 0 Å². The molecule has 158 valence electrons. The maximum Gasteiger partial charge on any atom is 0.229 e. The van der Waals surface area contributed by atoms with Gasteiger partial charge in [0, 0.05) is 35.9 Å². The molecule has 0 radical (unpaired) electrons. The van der Waals surface area contributed by atoms with Crippen LogP contribution in [0.5, 0.6) is 5.75 Å². The molecule has 0 saturated carbocycles. The van der Waals surface area contributed by atoms with Crippen LogP contribution in [0.3, 0.4) is 0 Å². The van der Waals surface area contributed by atoms with Gasteiger partial charge in [0.15, 0.2) is 0 Å². The van der Waals surface area contributed by atoms with Crippen molar-refractivity contribution in [1.82, 2.24) is 15.5 Å². The number of fused-ring (bicyclic) bond motifs is 1. The molecule has 1 atom stereocenters. The van der Waals surface area contributed by atoms with Crippen molar-refractivity contribution < 1.29 is 18.3 Å². The molecule has 4 N–H and O–H groups in total. The molecule has 0 fully saturated rings. The first kappa shape index (κ1) is 23.0. The van der Waals surface area contributed by atoms with Crippen LogP contribution in [0.1, 0.15) is 17.4 Å². The maximum absolute atomic E-state index is 11.3. The number of benzene rings is 2. The van der Waals surface area contributed by atoms with Crippen molar-refractivity contribution in [2.45, 2.75) is 13.0 Å². The van der Waals surface area contributed by atoms with E-state index >= 15 is 0 Å². The number of nitrogens with one attached hydrogen (secondary N) is 3. The van der Waals surface area contributed by atoms with Crippen molar-refractivity contribution in [3.8, 4) is 5.75 Å². The molecule has 0 spiro atoms. The van der Waals surface area contributed by atoms with Crippen LogP contribution in [-0.2, 0) is 10.0 Å². The number of ether oxygens (including phenoxy) is 1. The van der Waals surface area contributed by atoms with Gasteiger partial charge in [0.05, 0.1) is 17.9 Å². The second-order valence-electron chi connectivity index (χ2n) is 6.60. The quantitative estimate of drug-likeness (QED) is 0.379. The van der Waals surface area contributed by atoms with E-state index in [2.05, 4.69) is 20.2 Å². The smallest absolute Gasteiger partial charge is 0.229 e. The minimum absolute atomic E-state index is 0. The number of aliphatic hydroxyl groups excluding tert-OH is 1. The summed E-state index contributed by atoms with van der Waals surface area (Å²) >= 11 is 0. The average molecular weight is 441 g/mol. The van der Waals surface area contributed by atoms with E-state index in [0.717, 1.165) is 28.6 Å². The van der Waals surface area contributed by atoms with Crippen LogP contribution in [0.4, 0.5) is 5.69 Å². The summed E-state index contributed by atoms with van der Waals surface area (Å²) in [6, 6.07) is 12.5. The van der Waals surface area contributed by atoms with Crippen LogP contribution in [0, 0.1) is 6.92 Å². The Morgan fingerprint density at radius 1 is 1.24 bits per heavy atom. The van der Waals surface area contributed by atoms with E-state index < -0.39 is 16.1 Å². The molecule has 0 aliphatic heterocycles. The summed E-state index contributed by atoms with van der Waals surface area (Å²) in [6.07, 6.45) is 0.326. The summed E-state index contributed by atoms with van der Waals surface area (Å²) in [6.45, 7) is 3.29. The zero-order valence-electron chi connectivity index (χ0n) is 16.2. The normalized spacial score (nSPS) is 12.4. The Kier molecular flexibility index (Phi) is 7.86. The molecule has 10 heteroatoms. The van der Waals surface area contributed by atoms with Gasteiger partial charge in [0.25, 0.3) is 0 Å². The number of hydrogen-bond acceptors (Lipinski definition) is 6. The largest absolute Gasteiger partial charge is 0.492 e. The number of rotatable bonds is 9. The molecule has 1 aromatic heterocycles. The molecule has 0 amide bonds. The van der Waals surface area contributed by atoms with Crippen LogP contribution >= 0.6 is 12.4 Å². The first-order valence-electron chi connectivity index (χ1n) is 8.86. The molecule has 0 saturated heterocycles. The fourth-order valence-corrected chi connectivity index (χ4v) is 3.39. The SMILES string of the molecule is Cc1[nH]nc2cc(OCCNC[C@H](O)c3cccc(NS(C)(=O)=O)c3)ccc12.Cl. The van der Waals surface area contributed by atoms with E-state index in [-0.39, 0.29) is 12.4 Å². The highest BCUT2D eigenvalue weighted by Crippen LogP contribution is 2.21. The highest BCUT2D eigenvalue weighted by molar-refractivity contribution is 7.92. The Morgan fingerprint density at radius 3 is 2.79 bits per heavy atom. The Morgan fingerprint density at radius 2 is 2.03 bits per heavy atom. The molecule has 2 aromatic carbocycles. The molecule has 0 bridgehead atoms. The third-order valence-corrected chi connectivity index (χ3v) is 4.78. The van der Waals surface area contributed by atoms with Gasteiger partial charge in [-0.15, -0.1) is 12.4 Å². The molecule has 0 unspecified atom stereocenters. The fraction of sp³-hybridized carbons (Fsp3) is 0.316. The zero-order valence-corrected chi connectivity index (χ0v) is 17.8. The highest BCUT2D eigenvalue weighted by atomic mass is 35.5. The zero-order chi connectivity index (χ0) is 20.1. The molecule has 3 rings (SSSR count). The van der Waals surface area contributed by atoms with Gasteiger partial charge in [-0.05, 0) is 36.8 Å². The van der Waals surface area contributed by atoms with Crippen LogP contribution in [0.25, 0.3) is 10.9 Å². The van der Waals surface area contributed by atoms with Crippen molar-refractivity contribution in [2.24, 2.45) is 0 Å². The molecule has 1 heterocycles. The van der Waals surface area contributed by atoms with Crippen LogP contribution in [0.15, 0.2) is 42.5 Å². The van der Waals surface area contributed by atoms with Crippen molar-refractivity contribution in [3.05, 3.63) is 53.7 Å². The predicted molar refractivity (Wildman–Crippen MR) is 116 cm³/mol. The lowest BCUT2D eigenvalue weighted by Gasteiger charge is -2.14. The minimum Gasteiger partial charge on any atom is -0.492 e. The number of sulfonamides is 1. The van der Waals surface area contributed by atoms with Gasteiger partial charge >= 0.3 is 0 Å². The third kappa shape index (κ3) is 6.60. The second kappa shape index (κ2) is 9.93. The van der Waals surface area contributed by atoms with E-state index in [1.165, 1.54) is 0 Å². The topological polar surface area (TPSA) is 116 Å². The van der Waals surface area contributed by atoms with E-state index in [0.29, 0.717) is 30.9 Å². The summed E-state index contributed by atoms with van der Waals surface area (Å²) in [5, 5.41) is 21.6. The molecular formula is C19H25ClN4O4S. The number of hydrogen-bond donors (Lipinski definition) is 4. The van der Waals surface area contributed by atoms with Crippen LogP contribution in [-0.4, -0.2) is 49.7 Å². The summed E-state index contributed by atoms with van der Waals surface area (Å²) in [5.74, 6) is 0.737. The van der Waals surface area contributed by atoms with Crippen molar-refractivity contribution in [3.63, 3.8) is 0 Å². The van der Waals surface area contributed by atoms with Crippen molar-refractivity contribution >= 4 is 39.0 Å². The predicted octanol–water partition coefficient (Wildman–Crippen LogP) is 2.37. The Labute approximate surface area is 176 Å². The van der Waals surface area contributed by atoms with Gasteiger partial charge < -0.3 is 15.2 Å². The summed E-state index contributed by atoms with van der Waals surface area (Å²) in [5.41, 5.74) is 2.93. The number of H-pyrrole nitrogens is 1. The van der Waals surface area contributed by atoms with Gasteiger partial charge in [0.2, 0.25) is 10.0 Å². The van der Waals surface area contributed by atoms with Crippen molar-refractivity contribution in [2.75, 3.05) is 30.7 Å².